The Hall–Kier alpha value is 0.180. The first-order valence-corrected chi connectivity index (χ1v) is 9.33. The van der Waals surface area contributed by atoms with Crippen LogP contribution in [0.25, 0.3) is 0 Å². The predicted molar refractivity (Wildman–Crippen MR) is 78.2 cm³/mol. The van der Waals surface area contributed by atoms with Gasteiger partial charge in [-0.2, -0.15) is 24.5 Å². The summed E-state index contributed by atoms with van der Waals surface area (Å²) in [6.45, 7) is 1.99. The molecule has 0 aliphatic heterocycles. The molecule has 0 heterocycles. The fraction of sp³-hybridized carbons (Fsp3) is 1.00. The zero-order valence-corrected chi connectivity index (χ0v) is 12.9. The van der Waals surface area contributed by atoms with Crippen LogP contribution in [0.5, 0.6) is 0 Å². The van der Waals surface area contributed by atoms with Crippen LogP contribution in [0.2, 0.25) is 0 Å². The average molecular weight is 295 g/mol. The summed E-state index contributed by atoms with van der Waals surface area (Å²) in [6.07, 6.45) is 6.29. The van der Waals surface area contributed by atoms with E-state index in [9.17, 15) is 8.42 Å². The molecule has 0 unspecified atom stereocenters. The summed E-state index contributed by atoms with van der Waals surface area (Å²) in [6, 6.07) is 0.691. The van der Waals surface area contributed by atoms with Crippen LogP contribution in [0, 0.1) is 0 Å². The second kappa shape index (κ2) is 8.37. The Morgan fingerprint density at radius 2 is 2.00 bits per heavy atom. The highest BCUT2D eigenvalue weighted by Crippen LogP contribution is 2.18. The van der Waals surface area contributed by atoms with Crippen LogP contribution in [-0.2, 0) is 10.2 Å². The first-order valence-electron chi connectivity index (χ1n) is 6.49. The van der Waals surface area contributed by atoms with Crippen LogP contribution in [0.3, 0.4) is 0 Å². The summed E-state index contributed by atoms with van der Waals surface area (Å²) < 4.78 is 27.7. The van der Waals surface area contributed by atoms with E-state index in [-0.39, 0.29) is 0 Å². The van der Waals surface area contributed by atoms with Gasteiger partial charge in [0.2, 0.25) is 0 Å². The Balaban J connectivity index is 2.10. The summed E-state index contributed by atoms with van der Waals surface area (Å²) in [5.41, 5.74) is 0. The average Bonchev–Trinajstić information content (AvgIpc) is 3.14. The lowest BCUT2D eigenvalue weighted by Crippen LogP contribution is -2.40. The maximum absolute atomic E-state index is 11.8. The number of nitrogens with zero attached hydrogens (tertiary/aromatic N) is 1. The molecule has 5 nitrogen and oxygen atoms in total. The second-order valence-corrected chi connectivity index (χ2v) is 7.50. The molecule has 0 radical (unpaired) electrons. The molecule has 1 saturated carbocycles. The highest BCUT2D eigenvalue weighted by atomic mass is 32.2. The molecule has 0 aromatic rings. The fourth-order valence-electron chi connectivity index (χ4n) is 1.54. The second-order valence-electron chi connectivity index (χ2n) is 4.65. The summed E-state index contributed by atoms with van der Waals surface area (Å²) in [4.78, 5) is 0. The molecule has 2 N–H and O–H groups in total. The maximum Gasteiger partial charge on any atom is 0.279 e. The third kappa shape index (κ3) is 6.94. The van der Waals surface area contributed by atoms with E-state index in [2.05, 4.69) is 10.0 Å². The van der Waals surface area contributed by atoms with E-state index in [0.29, 0.717) is 19.1 Å². The molecule has 0 bridgehead atoms. The third-order valence-corrected chi connectivity index (χ3v) is 5.15. The largest absolute Gasteiger partial charge is 0.314 e. The number of nitrogens with one attached hydrogen (secondary N) is 2. The van der Waals surface area contributed by atoms with E-state index in [0.717, 1.165) is 25.1 Å². The van der Waals surface area contributed by atoms with Crippen molar-refractivity contribution in [3.63, 3.8) is 0 Å². The Morgan fingerprint density at radius 3 is 2.61 bits per heavy atom. The Labute approximate surface area is 115 Å². The lowest BCUT2D eigenvalue weighted by molar-refractivity contribution is 0.444. The molecule has 0 aromatic carbocycles. The topological polar surface area (TPSA) is 61.4 Å². The van der Waals surface area contributed by atoms with Crippen LogP contribution in [0.15, 0.2) is 0 Å². The molecular formula is C11H25N3O2S2. The lowest BCUT2D eigenvalue weighted by atomic mass is 10.4. The first-order chi connectivity index (χ1) is 8.56. The standard InChI is InChI=1S/C11H25N3O2S2/c1-14(9-3-7-12-11-5-6-11)18(15,16)13-8-4-10-17-2/h11-13H,3-10H2,1-2H3. The van der Waals surface area contributed by atoms with Gasteiger partial charge in [-0.05, 0) is 44.2 Å². The number of hydrogen-bond donors (Lipinski definition) is 2. The minimum absolute atomic E-state index is 0.522. The Kier molecular flexibility index (Phi) is 7.55. The number of rotatable bonds is 11. The summed E-state index contributed by atoms with van der Waals surface area (Å²) in [5, 5.41) is 3.38. The van der Waals surface area contributed by atoms with Gasteiger partial charge in [0, 0.05) is 26.2 Å². The van der Waals surface area contributed by atoms with Crippen LogP contribution in [-0.4, -0.2) is 57.5 Å². The van der Waals surface area contributed by atoms with Gasteiger partial charge in [0.05, 0.1) is 0 Å². The number of thioether (sulfide) groups is 1. The Bertz CT molecular complexity index is 318. The van der Waals surface area contributed by atoms with Gasteiger partial charge in [0.1, 0.15) is 0 Å². The fourth-order valence-corrected chi connectivity index (χ4v) is 2.97. The maximum atomic E-state index is 11.8. The molecular weight excluding hydrogens is 270 g/mol. The molecule has 0 atom stereocenters. The first kappa shape index (κ1) is 16.2. The van der Waals surface area contributed by atoms with Crippen molar-refractivity contribution in [1.29, 1.82) is 0 Å². The molecule has 0 aromatic heterocycles. The molecule has 1 aliphatic rings. The SMILES string of the molecule is CSCCCNS(=O)(=O)N(C)CCCNC1CC1. The van der Waals surface area contributed by atoms with Crippen molar-refractivity contribution in [1.82, 2.24) is 14.3 Å². The smallest absolute Gasteiger partial charge is 0.279 e. The predicted octanol–water partition coefficient (Wildman–Crippen LogP) is 0.648. The van der Waals surface area contributed by atoms with E-state index >= 15 is 0 Å². The van der Waals surface area contributed by atoms with Gasteiger partial charge in [-0.25, -0.2) is 4.72 Å². The van der Waals surface area contributed by atoms with Crippen molar-refractivity contribution in [2.75, 3.05) is 38.7 Å². The normalized spacial score (nSPS) is 16.4. The summed E-state index contributed by atoms with van der Waals surface area (Å²) >= 11 is 1.73. The monoisotopic (exact) mass is 295 g/mol. The molecule has 108 valence electrons. The van der Waals surface area contributed by atoms with E-state index in [1.165, 1.54) is 17.1 Å². The summed E-state index contributed by atoms with van der Waals surface area (Å²) in [7, 11) is -1.65. The Morgan fingerprint density at radius 1 is 1.28 bits per heavy atom. The molecule has 1 rings (SSSR count). The zero-order chi connectivity index (χ0) is 13.4. The minimum Gasteiger partial charge on any atom is -0.314 e. The quantitative estimate of drug-likeness (QED) is 0.549. The van der Waals surface area contributed by atoms with Gasteiger partial charge in [0.15, 0.2) is 0 Å². The molecule has 1 fully saturated rings. The molecule has 0 saturated heterocycles. The van der Waals surface area contributed by atoms with Crippen molar-refractivity contribution in [3.05, 3.63) is 0 Å². The zero-order valence-electron chi connectivity index (χ0n) is 11.3. The van der Waals surface area contributed by atoms with Crippen molar-refractivity contribution >= 4 is 22.0 Å². The molecule has 1 aliphatic carbocycles. The molecule has 18 heavy (non-hydrogen) atoms. The number of hydrogen-bond acceptors (Lipinski definition) is 4. The molecule has 0 amide bonds. The molecule has 0 spiro atoms. The van der Waals surface area contributed by atoms with Crippen LogP contribution in [0.4, 0.5) is 0 Å². The van der Waals surface area contributed by atoms with Crippen LogP contribution in [0.1, 0.15) is 25.7 Å². The highest BCUT2D eigenvalue weighted by Gasteiger charge is 2.20. The van der Waals surface area contributed by atoms with Crippen molar-refractivity contribution in [2.45, 2.75) is 31.7 Å². The summed E-state index contributed by atoms with van der Waals surface area (Å²) in [5.74, 6) is 0.984. The van der Waals surface area contributed by atoms with Crippen molar-refractivity contribution < 1.29 is 8.42 Å². The van der Waals surface area contributed by atoms with E-state index < -0.39 is 10.2 Å². The van der Waals surface area contributed by atoms with Gasteiger partial charge < -0.3 is 5.32 Å². The van der Waals surface area contributed by atoms with Gasteiger partial charge in [0.25, 0.3) is 10.2 Å². The highest BCUT2D eigenvalue weighted by molar-refractivity contribution is 7.98. The van der Waals surface area contributed by atoms with Gasteiger partial charge in [-0.15, -0.1) is 0 Å². The van der Waals surface area contributed by atoms with Gasteiger partial charge in [-0.1, -0.05) is 0 Å². The lowest BCUT2D eigenvalue weighted by Gasteiger charge is -2.17. The van der Waals surface area contributed by atoms with E-state index in [4.69, 9.17) is 0 Å². The van der Waals surface area contributed by atoms with E-state index in [1.807, 2.05) is 6.26 Å². The van der Waals surface area contributed by atoms with Crippen molar-refractivity contribution in [2.24, 2.45) is 0 Å². The molecule has 7 heteroatoms. The third-order valence-electron chi connectivity index (χ3n) is 2.88. The minimum atomic E-state index is -3.28. The van der Waals surface area contributed by atoms with Gasteiger partial charge in [-0.3, -0.25) is 0 Å². The van der Waals surface area contributed by atoms with Crippen molar-refractivity contribution in [3.8, 4) is 0 Å². The van der Waals surface area contributed by atoms with Gasteiger partial charge >= 0.3 is 0 Å². The van der Waals surface area contributed by atoms with E-state index in [1.54, 1.807) is 18.8 Å². The van der Waals surface area contributed by atoms with Crippen LogP contribution >= 0.6 is 11.8 Å². The van der Waals surface area contributed by atoms with Crippen LogP contribution < -0.4 is 10.0 Å².